The highest BCUT2D eigenvalue weighted by molar-refractivity contribution is 6.06. The van der Waals surface area contributed by atoms with Gasteiger partial charge in [0, 0.05) is 32.4 Å². The Bertz CT molecular complexity index is 730. The van der Waals surface area contributed by atoms with Crippen molar-refractivity contribution in [1.82, 2.24) is 19.7 Å². The number of amides is 1. The number of carbonyl (C=O) groups is 1. The number of aryl methyl sites for hydroxylation is 3. The van der Waals surface area contributed by atoms with Crippen molar-refractivity contribution in [2.45, 2.75) is 39.7 Å². The summed E-state index contributed by atoms with van der Waals surface area (Å²) in [4.78, 5) is 19.5. The van der Waals surface area contributed by atoms with Gasteiger partial charge in [0.15, 0.2) is 5.65 Å². The van der Waals surface area contributed by atoms with Crippen LogP contribution in [0.3, 0.4) is 0 Å². The number of nitrogens with zero attached hydrogens (tertiary/aromatic N) is 4. The minimum absolute atomic E-state index is 0.0755. The Morgan fingerprint density at radius 3 is 2.70 bits per heavy atom. The second kappa shape index (κ2) is 6.28. The summed E-state index contributed by atoms with van der Waals surface area (Å²) in [6.45, 7) is 8.07. The van der Waals surface area contributed by atoms with E-state index in [9.17, 15) is 4.79 Å². The molecule has 0 spiro atoms. The van der Waals surface area contributed by atoms with Gasteiger partial charge >= 0.3 is 0 Å². The smallest absolute Gasteiger partial charge is 0.254 e. The maximum absolute atomic E-state index is 13.0. The van der Waals surface area contributed by atoms with Crippen LogP contribution in [0.15, 0.2) is 6.07 Å². The van der Waals surface area contributed by atoms with Gasteiger partial charge in [-0.3, -0.25) is 9.48 Å². The average Bonchev–Trinajstić information content (AvgIpc) is 2.81. The molecule has 23 heavy (non-hydrogen) atoms. The van der Waals surface area contributed by atoms with Crippen LogP contribution in [-0.2, 0) is 11.8 Å². The topological polar surface area (TPSA) is 60.2 Å². The van der Waals surface area contributed by atoms with Gasteiger partial charge in [-0.15, -0.1) is 0 Å². The molecule has 124 valence electrons. The number of fused-ring (bicyclic) bond motifs is 1. The second-order valence-electron chi connectivity index (χ2n) is 6.17. The lowest BCUT2D eigenvalue weighted by Crippen LogP contribution is -2.41. The predicted molar refractivity (Wildman–Crippen MR) is 88.5 cm³/mol. The molecule has 0 radical (unpaired) electrons. The SMILES string of the molecule is CCOC1CCN(C(=O)c2cc(C)nc3c2c(C)nn3C)CC1. The van der Waals surface area contributed by atoms with Gasteiger partial charge in [0.25, 0.3) is 5.91 Å². The Labute approximate surface area is 136 Å². The molecule has 0 bridgehead atoms. The van der Waals surface area contributed by atoms with Crippen LogP contribution in [0.4, 0.5) is 0 Å². The quantitative estimate of drug-likeness (QED) is 0.871. The van der Waals surface area contributed by atoms with E-state index in [-0.39, 0.29) is 12.0 Å². The molecule has 3 rings (SSSR count). The fraction of sp³-hybridized carbons (Fsp3) is 0.588. The van der Waals surface area contributed by atoms with Gasteiger partial charge in [0.05, 0.1) is 22.7 Å². The summed E-state index contributed by atoms with van der Waals surface area (Å²) in [5.74, 6) is 0.0755. The molecule has 0 N–H and O–H groups in total. The molecule has 0 unspecified atom stereocenters. The van der Waals surface area contributed by atoms with Crippen molar-refractivity contribution < 1.29 is 9.53 Å². The van der Waals surface area contributed by atoms with Crippen molar-refractivity contribution >= 4 is 16.9 Å². The highest BCUT2D eigenvalue weighted by atomic mass is 16.5. The number of pyridine rings is 1. The van der Waals surface area contributed by atoms with Crippen LogP contribution in [-0.4, -0.2) is 51.4 Å². The van der Waals surface area contributed by atoms with E-state index in [0.29, 0.717) is 5.56 Å². The minimum atomic E-state index is 0.0755. The summed E-state index contributed by atoms with van der Waals surface area (Å²) < 4.78 is 7.41. The monoisotopic (exact) mass is 316 g/mol. The molecule has 2 aromatic heterocycles. The van der Waals surface area contributed by atoms with E-state index in [1.165, 1.54) is 0 Å². The lowest BCUT2D eigenvalue weighted by Gasteiger charge is -2.32. The van der Waals surface area contributed by atoms with Crippen LogP contribution in [0.25, 0.3) is 11.0 Å². The molecular weight excluding hydrogens is 292 g/mol. The Kier molecular flexibility index (Phi) is 4.35. The normalized spacial score (nSPS) is 16.3. The molecule has 6 nitrogen and oxygen atoms in total. The Balaban J connectivity index is 1.90. The van der Waals surface area contributed by atoms with Crippen LogP contribution in [0.1, 0.15) is 41.5 Å². The zero-order valence-electron chi connectivity index (χ0n) is 14.3. The molecule has 6 heteroatoms. The van der Waals surface area contributed by atoms with Crippen molar-refractivity contribution in [3.8, 4) is 0 Å². The number of carbonyl (C=O) groups excluding carboxylic acids is 1. The first-order valence-corrected chi connectivity index (χ1v) is 8.23. The van der Waals surface area contributed by atoms with Gasteiger partial charge < -0.3 is 9.64 Å². The number of ether oxygens (including phenoxy) is 1. The highest BCUT2D eigenvalue weighted by Gasteiger charge is 2.26. The van der Waals surface area contributed by atoms with Gasteiger partial charge in [-0.05, 0) is 39.7 Å². The van der Waals surface area contributed by atoms with Crippen molar-refractivity contribution in [3.05, 3.63) is 23.0 Å². The third kappa shape index (κ3) is 2.95. The van der Waals surface area contributed by atoms with E-state index in [1.54, 1.807) is 4.68 Å². The molecule has 0 saturated carbocycles. The lowest BCUT2D eigenvalue weighted by atomic mass is 10.0. The third-order valence-corrected chi connectivity index (χ3v) is 4.46. The van der Waals surface area contributed by atoms with Gasteiger partial charge in [-0.25, -0.2) is 4.98 Å². The number of rotatable bonds is 3. The third-order valence-electron chi connectivity index (χ3n) is 4.46. The summed E-state index contributed by atoms with van der Waals surface area (Å²) >= 11 is 0. The summed E-state index contributed by atoms with van der Waals surface area (Å²) in [5, 5.41) is 5.29. The average molecular weight is 316 g/mol. The molecular formula is C17H24N4O2. The number of hydrogen-bond donors (Lipinski definition) is 0. The summed E-state index contributed by atoms with van der Waals surface area (Å²) in [6, 6.07) is 1.88. The van der Waals surface area contributed by atoms with Crippen molar-refractivity contribution in [2.75, 3.05) is 19.7 Å². The summed E-state index contributed by atoms with van der Waals surface area (Å²) in [5.41, 5.74) is 3.18. The minimum Gasteiger partial charge on any atom is -0.378 e. The van der Waals surface area contributed by atoms with E-state index < -0.39 is 0 Å². The van der Waals surface area contributed by atoms with Gasteiger partial charge in [0.2, 0.25) is 0 Å². The molecule has 1 saturated heterocycles. The summed E-state index contributed by atoms with van der Waals surface area (Å²) in [7, 11) is 1.86. The fourth-order valence-electron chi connectivity index (χ4n) is 3.37. The first-order chi connectivity index (χ1) is 11.0. The fourth-order valence-corrected chi connectivity index (χ4v) is 3.37. The van der Waals surface area contributed by atoms with Crippen LogP contribution in [0, 0.1) is 13.8 Å². The van der Waals surface area contributed by atoms with E-state index in [4.69, 9.17) is 4.74 Å². The molecule has 1 aliphatic rings. The molecule has 3 heterocycles. The van der Waals surface area contributed by atoms with Crippen molar-refractivity contribution in [1.29, 1.82) is 0 Å². The lowest BCUT2D eigenvalue weighted by molar-refractivity contribution is 0.0146. The van der Waals surface area contributed by atoms with Crippen LogP contribution < -0.4 is 0 Å². The predicted octanol–water partition coefficient (Wildman–Crippen LogP) is 2.23. The van der Waals surface area contributed by atoms with Crippen LogP contribution in [0.5, 0.6) is 0 Å². The van der Waals surface area contributed by atoms with Crippen LogP contribution in [0.2, 0.25) is 0 Å². The maximum Gasteiger partial charge on any atom is 0.254 e. The highest BCUT2D eigenvalue weighted by Crippen LogP contribution is 2.24. The van der Waals surface area contributed by atoms with Gasteiger partial charge in [0.1, 0.15) is 0 Å². The number of piperidine rings is 1. The molecule has 2 aromatic rings. The Hall–Kier alpha value is -1.95. The van der Waals surface area contributed by atoms with E-state index in [1.807, 2.05) is 38.8 Å². The molecule has 0 aliphatic carbocycles. The Morgan fingerprint density at radius 1 is 1.35 bits per heavy atom. The van der Waals surface area contributed by atoms with Crippen molar-refractivity contribution in [2.24, 2.45) is 7.05 Å². The largest absolute Gasteiger partial charge is 0.378 e. The van der Waals surface area contributed by atoms with Gasteiger partial charge in [-0.2, -0.15) is 5.10 Å². The molecule has 1 aliphatic heterocycles. The van der Waals surface area contributed by atoms with E-state index in [2.05, 4.69) is 10.1 Å². The first kappa shape index (κ1) is 15.9. The zero-order valence-corrected chi connectivity index (χ0v) is 14.3. The van der Waals surface area contributed by atoms with Crippen LogP contribution >= 0.6 is 0 Å². The Morgan fingerprint density at radius 2 is 2.04 bits per heavy atom. The summed E-state index contributed by atoms with van der Waals surface area (Å²) in [6.07, 6.45) is 2.08. The number of likely N-dealkylation sites (tertiary alicyclic amines) is 1. The second-order valence-corrected chi connectivity index (χ2v) is 6.17. The van der Waals surface area contributed by atoms with Gasteiger partial charge in [-0.1, -0.05) is 0 Å². The maximum atomic E-state index is 13.0. The molecule has 1 amide bonds. The van der Waals surface area contributed by atoms with Crippen molar-refractivity contribution in [3.63, 3.8) is 0 Å². The standard InChI is InChI=1S/C17H24N4O2/c1-5-23-13-6-8-21(9-7-13)17(22)14-10-11(2)18-16-15(14)12(3)19-20(16)4/h10,13H,5-9H2,1-4H3. The number of aromatic nitrogens is 3. The molecule has 1 fully saturated rings. The number of hydrogen-bond acceptors (Lipinski definition) is 4. The first-order valence-electron chi connectivity index (χ1n) is 8.23. The zero-order chi connectivity index (χ0) is 16.6. The molecule has 0 aromatic carbocycles. The van der Waals surface area contributed by atoms with E-state index in [0.717, 1.165) is 55.0 Å². The molecule has 0 atom stereocenters. The van der Waals surface area contributed by atoms with E-state index >= 15 is 0 Å².